The lowest BCUT2D eigenvalue weighted by Crippen LogP contribution is -2.38. The third kappa shape index (κ3) is 5.35. The SMILES string of the molecule is C[C@@H](CN)NC(=O)Cc1ccc(Cl)cc1.Cl. The van der Waals surface area contributed by atoms with Gasteiger partial charge in [0.15, 0.2) is 0 Å². The molecule has 1 rings (SSSR count). The summed E-state index contributed by atoms with van der Waals surface area (Å²) in [6.07, 6.45) is 0.363. The van der Waals surface area contributed by atoms with Crippen LogP contribution in [0.3, 0.4) is 0 Å². The number of nitrogens with two attached hydrogens (primary N) is 1. The lowest BCUT2D eigenvalue weighted by atomic mass is 10.1. The van der Waals surface area contributed by atoms with Gasteiger partial charge in [0.2, 0.25) is 5.91 Å². The number of carbonyl (C=O) groups excluding carboxylic acids is 1. The number of hydrogen-bond acceptors (Lipinski definition) is 2. The first kappa shape index (κ1) is 15.2. The summed E-state index contributed by atoms with van der Waals surface area (Å²) in [5.41, 5.74) is 6.35. The van der Waals surface area contributed by atoms with Crippen LogP contribution in [0.1, 0.15) is 12.5 Å². The quantitative estimate of drug-likeness (QED) is 0.869. The fourth-order valence-electron chi connectivity index (χ4n) is 1.17. The van der Waals surface area contributed by atoms with Crippen LogP contribution in [-0.4, -0.2) is 18.5 Å². The van der Waals surface area contributed by atoms with E-state index in [0.29, 0.717) is 18.0 Å². The van der Waals surface area contributed by atoms with Crippen LogP contribution in [0.4, 0.5) is 0 Å². The van der Waals surface area contributed by atoms with Crippen molar-refractivity contribution in [2.45, 2.75) is 19.4 Å². The molecule has 0 aliphatic carbocycles. The van der Waals surface area contributed by atoms with Crippen LogP contribution in [0.15, 0.2) is 24.3 Å². The Labute approximate surface area is 107 Å². The van der Waals surface area contributed by atoms with Crippen LogP contribution in [0.25, 0.3) is 0 Å². The molecule has 0 heterocycles. The Morgan fingerprint density at radius 1 is 1.44 bits per heavy atom. The van der Waals surface area contributed by atoms with E-state index in [4.69, 9.17) is 17.3 Å². The first-order chi connectivity index (χ1) is 7.11. The molecule has 0 saturated heterocycles. The largest absolute Gasteiger partial charge is 0.352 e. The normalized spacial score (nSPS) is 11.4. The molecule has 0 radical (unpaired) electrons. The molecule has 0 aliphatic heterocycles. The van der Waals surface area contributed by atoms with Gasteiger partial charge < -0.3 is 11.1 Å². The van der Waals surface area contributed by atoms with E-state index < -0.39 is 0 Å². The van der Waals surface area contributed by atoms with E-state index in [1.54, 1.807) is 12.1 Å². The highest BCUT2D eigenvalue weighted by atomic mass is 35.5. The molecule has 0 saturated carbocycles. The third-order valence-corrected chi connectivity index (χ3v) is 2.29. The van der Waals surface area contributed by atoms with Crippen LogP contribution < -0.4 is 11.1 Å². The topological polar surface area (TPSA) is 55.1 Å². The van der Waals surface area contributed by atoms with Crippen molar-refractivity contribution in [3.05, 3.63) is 34.9 Å². The smallest absolute Gasteiger partial charge is 0.224 e. The summed E-state index contributed by atoms with van der Waals surface area (Å²) >= 11 is 5.74. The first-order valence-electron chi connectivity index (χ1n) is 4.85. The van der Waals surface area contributed by atoms with Gasteiger partial charge in [-0.25, -0.2) is 0 Å². The molecule has 0 aliphatic rings. The molecule has 0 bridgehead atoms. The van der Waals surface area contributed by atoms with Gasteiger partial charge in [-0.1, -0.05) is 23.7 Å². The van der Waals surface area contributed by atoms with E-state index in [9.17, 15) is 4.79 Å². The van der Waals surface area contributed by atoms with E-state index in [1.807, 2.05) is 19.1 Å². The maximum Gasteiger partial charge on any atom is 0.224 e. The number of nitrogens with one attached hydrogen (secondary N) is 1. The van der Waals surface area contributed by atoms with E-state index in [0.717, 1.165) is 5.56 Å². The summed E-state index contributed by atoms with van der Waals surface area (Å²) in [4.78, 5) is 11.5. The molecular weight excluding hydrogens is 247 g/mol. The van der Waals surface area contributed by atoms with E-state index in [2.05, 4.69) is 5.32 Å². The molecule has 0 aromatic heterocycles. The fraction of sp³-hybridized carbons (Fsp3) is 0.364. The lowest BCUT2D eigenvalue weighted by Gasteiger charge is -2.10. The predicted molar refractivity (Wildman–Crippen MR) is 69.1 cm³/mol. The summed E-state index contributed by atoms with van der Waals surface area (Å²) in [7, 11) is 0. The van der Waals surface area contributed by atoms with Gasteiger partial charge in [0.1, 0.15) is 0 Å². The van der Waals surface area contributed by atoms with Crippen molar-refractivity contribution >= 4 is 29.9 Å². The molecular formula is C11H16Cl2N2O. The Morgan fingerprint density at radius 2 is 2.00 bits per heavy atom. The summed E-state index contributed by atoms with van der Waals surface area (Å²) in [5, 5.41) is 3.47. The van der Waals surface area contributed by atoms with Gasteiger partial charge in [-0.2, -0.15) is 0 Å². The van der Waals surface area contributed by atoms with E-state index >= 15 is 0 Å². The zero-order valence-corrected chi connectivity index (χ0v) is 10.6. The van der Waals surface area contributed by atoms with Gasteiger partial charge in [-0.15, -0.1) is 12.4 Å². The number of halogens is 2. The zero-order chi connectivity index (χ0) is 11.3. The lowest BCUT2D eigenvalue weighted by molar-refractivity contribution is -0.120. The Bertz CT molecular complexity index is 327. The standard InChI is InChI=1S/C11H15ClN2O.ClH/c1-8(7-13)14-11(15)6-9-2-4-10(12)5-3-9;/h2-5,8H,6-7,13H2,1H3,(H,14,15);1H/t8-;/m0./s1. The highest BCUT2D eigenvalue weighted by Gasteiger charge is 2.06. The second kappa shape index (κ2) is 7.49. The Balaban J connectivity index is 0.00000225. The van der Waals surface area contributed by atoms with Crippen molar-refractivity contribution < 1.29 is 4.79 Å². The van der Waals surface area contributed by atoms with Crippen LogP contribution in [-0.2, 0) is 11.2 Å². The van der Waals surface area contributed by atoms with Crippen LogP contribution in [0, 0.1) is 0 Å². The van der Waals surface area contributed by atoms with Gasteiger partial charge in [0, 0.05) is 17.6 Å². The Kier molecular flexibility index (Phi) is 7.13. The van der Waals surface area contributed by atoms with Gasteiger partial charge in [0.25, 0.3) is 0 Å². The molecule has 0 fully saturated rings. The van der Waals surface area contributed by atoms with Crippen molar-refractivity contribution in [2.24, 2.45) is 5.73 Å². The number of carbonyl (C=O) groups is 1. The highest BCUT2D eigenvalue weighted by molar-refractivity contribution is 6.30. The molecule has 3 nitrogen and oxygen atoms in total. The number of rotatable bonds is 4. The maximum absolute atomic E-state index is 11.5. The molecule has 5 heteroatoms. The minimum atomic E-state index is -0.0183. The molecule has 3 N–H and O–H groups in total. The van der Waals surface area contributed by atoms with Crippen LogP contribution >= 0.6 is 24.0 Å². The Hall–Kier alpha value is -0.770. The van der Waals surface area contributed by atoms with Crippen molar-refractivity contribution in [3.8, 4) is 0 Å². The molecule has 16 heavy (non-hydrogen) atoms. The number of hydrogen-bond donors (Lipinski definition) is 2. The highest BCUT2D eigenvalue weighted by Crippen LogP contribution is 2.09. The molecule has 0 unspecified atom stereocenters. The van der Waals surface area contributed by atoms with Gasteiger partial charge in [-0.3, -0.25) is 4.79 Å². The van der Waals surface area contributed by atoms with Crippen LogP contribution in [0.5, 0.6) is 0 Å². The summed E-state index contributed by atoms with van der Waals surface area (Å²) in [5.74, 6) is -0.0183. The van der Waals surface area contributed by atoms with Crippen LogP contribution in [0.2, 0.25) is 5.02 Å². The molecule has 90 valence electrons. The second-order valence-electron chi connectivity index (χ2n) is 3.51. The fourth-order valence-corrected chi connectivity index (χ4v) is 1.30. The predicted octanol–water partition coefficient (Wildman–Crippen LogP) is 1.77. The van der Waals surface area contributed by atoms with Gasteiger partial charge in [-0.05, 0) is 24.6 Å². The second-order valence-corrected chi connectivity index (χ2v) is 3.94. The third-order valence-electron chi connectivity index (χ3n) is 2.04. The molecule has 0 spiro atoms. The number of benzene rings is 1. The molecule has 1 atom stereocenters. The summed E-state index contributed by atoms with van der Waals surface area (Å²) in [6.45, 7) is 2.33. The van der Waals surface area contributed by atoms with Gasteiger partial charge in [0.05, 0.1) is 6.42 Å². The number of amides is 1. The molecule has 1 aromatic rings. The zero-order valence-electron chi connectivity index (χ0n) is 9.07. The minimum Gasteiger partial charge on any atom is -0.352 e. The van der Waals surface area contributed by atoms with E-state index in [1.165, 1.54) is 0 Å². The monoisotopic (exact) mass is 262 g/mol. The molecule has 1 aromatic carbocycles. The minimum absolute atomic E-state index is 0. The van der Waals surface area contributed by atoms with Crippen molar-refractivity contribution in [1.82, 2.24) is 5.32 Å². The Morgan fingerprint density at radius 3 is 2.50 bits per heavy atom. The summed E-state index contributed by atoms with van der Waals surface area (Å²) < 4.78 is 0. The summed E-state index contributed by atoms with van der Waals surface area (Å²) in [6, 6.07) is 7.25. The molecule has 1 amide bonds. The average Bonchev–Trinajstić information content (AvgIpc) is 2.21. The van der Waals surface area contributed by atoms with Crippen molar-refractivity contribution in [1.29, 1.82) is 0 Å². The maximum atomic E-state index is 11.5. The van der Waals surface area contributed by atoms with Crippen molar-refractivity contribution in [2.75, 3.05) is 6.54 Å². The van der Waals surface area contributed by atoms with Gasteiger partial charge >= 0.3 is 0 Å². The van der Waals surface area contributed by atoms with Crippen molar-refractivity contribution in [3.63, 3.8) is 0 Å². The average molecular weight is 263 g/mol. The van der Waals surface area contributed by atoms with E-state index in [-0.39, 0.29) is 24.4 Å². The first-order valence-corrected chi connectivity index (χ1v) is 5.23.